The zero-order valence-corrected chi connectivity index (χ0v) is 8.95. The quantitative estimate of drug-likeness (QED) is 0.745. The van der Waals surface area contributed by atoms with Gasteiger partial charge in [-0.05, 0) is 29.8 Å². The first kappa shape index (κ1) is 9.86. The highest BCUT2D eigenvalue weighted by molar-refractivity contribution is 7.16. The van der Waals surface area contributed by atoms with Crippen LogP contribution in [0.25, 0.3) is 10.4 Å². The fourth-order valence-electron chi connectivity index (χ4n) is 1.23. The van der Waals surface area contributed by atoms with Crippen molar-refractivity contribution < 1.29 is 9.53 Å². The molecule has 0 saturated heterocycles. The highest BCUT2D eigenvalue weighted by atomic mass is 32.1. The predicted octanol–water partition coefficient (Wildman–Crippen LogP) is 2.63. The van der Waals surface area contributed by atoms with Gasteiger partial charge in [-0.1, -0.05) is 0 Å². The Hall–Kier alpha value is -1.68. The molecule has 0 bridgehead atoms. The second-order valence-electron chi connectivity index (χ2n) is 2.91. The van der Waals surface area contributed by atoms with Crippen LogP contribution in [0.15, 0.2) is 30.5 Å². The number of hydrogen-bond acceptors (Lipinski definition) is 4. The smallest absolute Gasteiger partial charge is 0.178 e. The standard InChI is InChI=1S/C11H9NO2S/c1-14-9-4-2-8(3-5-9)10-6-12-11(7-13)15-10/h2-7H,1H3. The number of ether oxygens (including phenoxy) is 1. The SMILES string of the molecule is COc1ccc(-c2cnc(C=O)s2)cc1. The Balaban J connectivity index is 2.32. The van der Waals surface area contributed by atoms with Gasteiger partial charge in [-0.15, -0.1) is 11.3 Å². The fraction of sp³-hybridized carbons (Fsp3) is 0.0909. The molecule has 4 heteroatoms. The number of carbonyl (C=O) groups is 1. The maximum Gasteiger partial charge on any atom is 0.178 e. The van der Waals surface area contributed by atoms with Gasteiger partial charge < -0.3 is 4.74 Å². The molecular weight excluding hydrogens is 210 g/mol. The van der Waals surface area contributed by atoms with E-state index in [9.17, 15) is 4.79 Å². The Morgan fingerprint density at radius 3 is 2.60 bits per heavy atom. The van der Waals surface area contributed by atoms with Crippen molar-refractivity contribution in [2.45, 2.75) is 0 Å². The number of aldehydes is 1. The Morgan fingerprint density at radius 1 is 1.33 bits per heavy atom. The van der Waals surface area contributed by atoms with E-state index in [1.807, 2.05) is 24.3 Å². The summed E-state index contributed by atoms with van der Waals surface area (Å²) in [4.78, 5) is 15.4. The van der Waals surface area contributed by atoms with Gasteiger partial charge in [0.25, 0.3) is 0 Å². The lowest BCUT2D eigenvalue weighted by molar-refractivity contribution is 0.112. The third-order valence-electron chi connectivity index (χ3n) is 2.00. The maximum absolute atomic E-state index is 10.5. The minimum absolute atomic E-state index is 0.501. The van der Waals surface area contributed by atoms with Crippen molar-refractivity contribution >= 4 is 17.6 Å². The van der Waals surface area contributed by atoms with E-state index >= 15 is 0 Å². The Bertz CT molecular complexity index is 462. The van der Waals surface area contributed by atoms with Crippen molar-refractivity contribution in [2.24, 2.45) is 0 Å². The number of thiazole rings is 1. The predicted molar refractivity (Wildman–Crippen MR) is 59.5 cm³/mol. The molecule has 0 aliphatic carbocycles. The van der Waals surface area contributed by atoms with Crippen LogP contribution in [-0.2, 0) is 0 Å². The molecule has 0 aliphatic rings. The number of rotatable bonds is 3. The molecule has 0 spiro atoms. The molecule has 2 aromatic rings. The summed E-state index contributed by atoms with van der Waals surface area (Å²) in [5.74, 6) is 0.818. The van der Waals surface area contributed by atoms with Gasteiger partial charge in [-0.25, -0.2) is 4.98 Å². The van der Waals surface area contributed by atoms with Gasteiger partial charge >= 0.3 is 0 Å². The van der Waals surface area contributed by atoms with Crippen LogP contribution in [0.3, 0.4) is 0 Å². The van der Waals surface area contributed by atoms with E-state index in [-0.39, 0.29) is 0 Å². The van der Waals surface area contributed by atoms with Crippen LogP contribution >= 0.6 is 11.3 Å². The summed E-state index contributed by atoms with van der Waals surface area (Å²) >= 11 is 1.38. The summed E-state index contributed by atoms with van der Waals surface area (Å²) in [5.41, 5.74) is 1.04. The fourth-order valence-corrected chi connectivity index (χ4v) is 1.97. The van der Waals surface area contributed by atoms with Crippen LogP contribution in [0.4, 0.5) is 0 Å². The first-order chi connectivity index (χ1) is 7.33. The van der Waals surface area contributed by atoms with Crippen LogP contribution in [0.5, 0.6) is 5.75 Å². The molecule has 0 fully saturated rings. The average molecular weight is 219 g/mol. The van der Waals surface area contributed by atoms with Gasteiger partial charge in [0.05, 0.1) is 12.0 Å². The van der Waals surface area contributed by atoms with Crippen molar-refractivity contribution in [1.82, 2.24) is 4.98 Å². The van der Waals surface area contributed by atoms with E-state index in [0.29, 0.717) is 5.01 Å². The molecular formula is C11H9NO2S. The monoisotopic (exact) mass is 219 g/mol. The summed E-state index contributed by atoms with van der Waals surface area (Å²) in [5, 5.41) is 0.501. The van der Waals surface area contributed by atoms with Crippen molar-refractivity contribution in [1.29, 1.82) is 0 Å². The zero-order chi connectivity index (χ0) is 10.7. The molecule has 15 heavy (non-hydrogen) atoms. The van der Waals surface area contributed by atoms with Crippen molar-refractivity contribution in [2.75, 3.05) is 7.11 Å². The van der Waals surface area contributed by atoms with Crippen LogP contribution in [0.1, 0.15) is 9.80 Å². The van der Waals surface area contributed by atoms with Gasteiger partial charge in [0, 0.05) is 6.20 Å². The molecule has 0 saturated carbocycles. The highest BCUT2D eigenvalue weighted by Crippen LogP contribution is 2.26. The third kappa shape index (κ3) is 2.05. The lowest BCUT2D eigenvalue weighted by atomic mass is 10.2. The molecule has 0 radical (unpaired) electrons. The molecule has 0 atom stereocenters. The average Bonchev–Trinajstić information content (AvgIpc) is 2.78. The molecule has 1 heterocycles. The normalized spacial score (nSPS) is 9.93. The van der Waals surface area contributed by atoms with E-state index < -0.39 is 0 Å². The Morgan fingerprint density at radius 2 is 2.07 bits per heavy atom. The topological polar surface area (TPSA) is 39.2 Å². The summed E-state index contributed by atoms with van der Waals surface area (Å²) in [6, 6.07) is 7.66. The first-order valence-electron chi connectivity index (χ1n) is 4.39. The van der Waals surface area contributed by atoms with Gasteiger partial charge in [0.1, 0.15) is 5.75 Å². The number of aromatic nitrogens is 1. The van der Waals surface area contributed by atoms with E-state index in [2.05, 4.69) is 4.98 Å². The lowest BCUT2D eigenvalue weighted by Gasteiger charge is -2.00. The van der Waals surface area contributed by atoms with Crippen LogP contribution in [0, 0.1) is 0 Å². The molecule has 0 N–H and O–H groups in total. The van der Waals surface area contributed by atoms with Crippen molar-refractivity contribution in [3.8, 4) is 16.2 Å². The van der Waals surface area contributed by atoms with Crippen LogP contribution in [-0.4, -0.2) is 18.4 Å². The maximum atomic E-state index is 10.5. The van der Waals surface area contributed by atoms with Crippen molar-refractivity contribution in [3.63, 3.8) is 0 Å². The van der Waals surface area contributed by atoms with E-state index in [0.717, 1.165) is 22.5 Å². The number of methoxy groups -OCH3 is 1. The number of nitrogens with zero attached hydrogens (tertiary/aromatic N) is 1. The second-order valence-corrected chi connectivity index (χ2v) is 3.97. The van der Waals surface area contributed by atoms with E-state index in [1.54, 1.807) is 13.3 Å². The van der Waals surface area contributed by atoms with Gasteiger partial charge in [0.2, 0.25) is 0 Å². The largest absolute Gasteiger partial charge is 0.497 e. The number of carbonyl (C=O) groups excluding carboxylic acids is 1. The molecule has 0 aliphatic heterocycles. The van der Waals surface area contributed by atoms with E-state index in [1.165, 1.54) is 11.3 Å². The van der Waals surface area contributed by atoms with Gasteiger partial charge in [-0.3, -0.25) is 4.79 Å². The van der Waals surface area contributed by atoms with Gasteiger partial charge in [-0.2, -0.15) is 0 Å². The minimum Gasteiger partial charge on any atom is -0.497 e. The number of hydrogen-bond donors (Lipinski definition) is 0. The molecule has 3 nitrogen and oxygen atoms in total. The third-order valence-corrected chi connectivity index (χ3v) is 2.97. The molecule has 2 rings (SSSR count). The molecule has 1 aromatic heterocycles. The number of benzene rings is 1. The van der Waals surface area contributed by atoms with E-state index in [4.69, 9.17) is 4.74 Å². The zero-order valence-electron chi connectivity index (χ0n) is 8.14. The summed E-state index contributed by atoms with van der Waals surface area (Å²) in [6.45, 7) is 0. The summed E-state index contributed by atoms with van der Waals surface area (Å²) in [6.07, 6.45) is 2.47. The molecule has 76 valence electrons. The molecule has 1 aromatic carbocycles. The second kappa shape index (κ2) is 4.23. The molecule has 0 amide bonds. The van der Waals surface area contributed by atoms with Crippen LogP contribution in [0.2, 0.25) is 0 Å². The van der Waals surface area contributed by atoms with Gasteiger partial charge in [0.15, 0.2) is 11.3 Å². The first-order valence-corrected chi connectivity index (χ1v) is 5.20. The summed E-state index contributed by atoms with van der Waals surface area (Å²) in [7, 11) is 1.63. The molecule has 0 unspecified atom stereocenters. The highest BCUT2D eigenvalue weighted by Gasteiger charge is 2.03. The summed E-state index contributed by atoms with van der Waals surface area (Å²) < 4.78 is 5.06. The Kier molecular flexibility index (Phi) is 2.78. The lowest BCUT2D eigenvalue weighted by Crippen LogP contribution is -1.81. The minimum atomic E-state index is 0.501. The Labute approximate surface area is 91.4 Å². The van der Waals surface area contributed by atoms with Crippen molar-refractivity contribution in [3.05, 3.63) is 35.5 Å². The van der Waals surface area contributed by atoms with Crippen LogP contribution < -0.4 is 4.74 Å².